The second-order valence-corrected chi connectivity index (χ2v) is 9.87. The highest BCUT2D eigenvalue weighted by atomic mass is 16.5. The van der Waals surface area contributed by atoms with E-state index in [9.17, 15) is 19.2 Å². The van der Waals surface area contributed by atoms with Gasteiger partial charge in [-0.15, -0.1) is 0 Å². The highest BCUT2D eigenvalue weighted by Gasteiger charge is 2.47. The number of nitrogens with zero attached hydrogens (tertiary/aromatic N) is 3. The Balaban J connectivity index is 1.18. The largest absolute Gasteiger partial charge is 0.459 e. The van der Waals surface area contributed by atoms with Crippen molar-refractivity contribution in [3.8, 4) is 0 Å². The summed E-state index contributed by atoms with van der Waals surface area (Å²) < 4.78 is 16.2. The minimum absolute atomic E-state index is 0.112. The molecule has 5 rings (SSSR count). The van der Waals surface area contributed by atoms with E-state index in [0.717, 1.165) is 5.56 Å². The summed E-state index contributed by atoms with van der Waals surface area (Å²) in [6.07, 6.45) is 2.07. The van der Waals surface area contributed by atoms with Crippen LogP contribution in [0.4, 0.5) is 4.79 Å². The van der Waals surface area contributed by atoms with Crippen LogP contribution in [-0.4, -0.2) is 97.1 Å². The first-order valence-electron chi connectivity index (χ1n) is 12.8. The molecule has 3 heterocycles. The number of nitrogens with one attached hydrogen (secondary N) is 1. The van der Waals surface area contributed by atoms with Crippen molar-refractivity contribution >= 4 is 23.8 Å². The van der Waals surface area contributed by atoms with Gasteiger partial charge in [-0.25, -0.2) is 4.79 Å². The lowest BCUT2D eigenvalue weighted by Crippen LogP contribution is -2.63. The molecule has 38 heavy (non-hydrogen) atoms. The number of hydrogen-bond donors (Lipinski definition) is 1. The zero-order valence-corrected chi connectivity index (χ0v) is 21.5. The molecule has 0 radical (unpaired) electrons. The molecule has 3 aliphatic rings. The van der Waals surface area contributed by atoms with Crippen LogP contribution in [0.25, 0.3) is 0 Å². The molecule has 202 valence electrons. The van der Waals surface area contributed by atoms with Gasteiger partial charge in [0.05, 0.1) is 30.9 Å². The maximum absolute atomic E-state index is 13.2. The quantitative estimate of drug-likeness (QED) is 0.611. The van der Waals surface area contributed by atoms with E-state index in [1.165, 1.54) is 11.2 Å². The van der Waals surface area contributed by atoms with E-state index in [4.69, 9.17) is 13.9 Å². The van der Waals surface area contributed by atoms with Gasteiger partial charge in [-0.3, -0.25) is 19.3 Å². The Morgan fingerprint density at radius 3 is 2.16 bits per heavy atom. The molecule has 11 nitrogen and oxygen atoms in total. The van der Waals surface area contributed by atoms with E-state index in [2.05, 4.69) is 5.32 Å². The summed E-state index contributed by atoms with van der Waals surface area (Å²) in [5, 5.41) is 2.96. The van der Waals surface area contributed by atoms with Crippen LogP contribution in [0.1, 0.15) is 39.3 Å². The van der Waals surface area contributed by atoms with Gasteiger partial charge in [0.1, 0.15) is 0 Å². The van der Waals surface area contributed by atoms with E-state index in [1.807, 2.05) is 0 Å². The number of piperazine rings is 1. The number of urea groups is 1. The van der Waals surface area contributed by atoms with Crippen molar-refractivity contribution in [2.45, 2.75) is 37.6 Å². The van der Waals surface area contributed by atoms with Gasteiger partial charge in [-0.1, -0.05) is 12.1 Å². The Bertz CT molecular complexity index is 1170. The average molecular weight is 525 g/mol. The Labute approximate surface area is 220 Å². The van der Waals surface area contributed by atoms with Crippen LogP contribution in [0, 0.1) is 5.92 Å². The number of rotatable bonds is 6. The molecule has 0 bridgehead atoms. The number of furan rings is 1. The van der Waals surface area contributed by atoms with Crippen molar-refractivity contribution in [3.05, 3.63) is 59.5 Å². The molecular formula is C27H32N4O7. The fourth-order valence-corrected chi connectivity index (χ4v) is 5.53. The lowest BCUT2D eigenvalue weighted by molar-refractivity contribution is -0.144. The molecule has 1 saturated carbocycles. The minimum Gasteiger partial charge on any atom is -0.459 e. The number of carbonyl (C=O) groups is 4. The van der Waals surface area contributed by atoms with Gasteiger partial charge in [0.15, 0.2) is 5.76 Å². The van der Waals surface area contributed by atoms with E-state index in [0.29, 0.717) is 44.6 Å². The molecule has 1 aromatic carbocycles. The van der Waals surface area contributed by atoms with E-state index < -0.39 is 6.03 Å². The normalized spacial score (nSPS) is 25.7. The second kappa shape index (κ2) is 11.0. The van der Waals surface area contributed by atoms with Crippen molar-refractivity contribution in [2.75, 3.05) is 40.4 Å². The average Bonchev–Trinajstić information content (AvgIpc) is 3.49. The molecule has 3 fully saturated rings. The number of amides is 5. The van der Waals surface area contributed by atoms with Gasteiger partial charge in [0.25, 0.3) is 11.8 Å². The topological polar surface area (TPSA) is 122 Å². The standard InChI is InChI=1S/C27H32N4O7/c1-36-22-14-19-20(15-23(22)37-2)28-27(35)31(25(19)33)16-17-5-7-18(8-6-17)24(32)29-9-11-30(12-10-29)26(34)21-4-3-13-38-21/h3-8,13,19-20,22-23H,9-12,14-16H2,1-2H3,(H,28,35). The molecule has 4 atom stereocenters. The van der Waals surface area contributed by atoms with Crippen LogP contribution >= 0.6 is 0 Å². The number of hydrogen-bond acceptors (Lipinski definition) is 7. The summed E-state index contributed by atoms with van der Waals surface area (Å²) in [6.45, 7) is 1.80. The third kappa shape index (κ3) is 5.03. The van der Waals surface area contributed by atoms with Crippen LogP contribution < -0.4 is 5.32 Å². The molecule has 1 N–H and O–H groups in total. The van der Waals surface area contributed by atoms with Crippen LogP contribution in [0.3, 0.4) is 0 Å². The van der Waals surface area contributed by atoms with Gasteiger partial charge in [-0.2, -0.15) is 0 Å². The lowest BCUT2D eigenvalue weighted by Gasteiger charge is -2.44. The van der Waals surface area contributed by atoms with Gasteiger partial charge in [0.2, 0.25) is 5.91 Å². The van der Waals surface area contributed by atoms with Crippen LogP contribution in [0.15, 0.2) is 47.1 Å². The van der Waals surface area contributed by atoms with Crippen molar-refractivity contribution in [2.24, 2.45) is 5.92 Å². The first-order valence-corrected chi connectivity index (χ1v) is 12.8. The second-order valence-electron chi connectivity index (χ2n) is 9.87. The van der Waals surface area contributed by atoms with Crippen LogP contribution in [0.2, 0.25) is 0 Å². The summed E-state index contributed by atoms with van der Waals surface area (Å²) in [6, 6.07) is 9.53. The zero-order valence-electron chi connectivity index (χ0n) is 21.5. The highest BCUT2D eigenvalue weighted by Crippen LogP contribution is 2.33. The summed E-state index contributed by atoms with van der Waals surface area (Å²) in [7, 11) is 3.21. The van der Waals surface area contributed by atoms with Crippen molar-refractivity contribution in [1.82, 2.24) is 20.0 Å². The molecule has 0 spiro atoms. The Morgan fingerprint density at radius 2 is 1.55 bits per heavy atom. The van der Waals surface area contributed by atoms with Gasteiger partial charge in [-0.05, 0) is 42.7 Å². The molecule has 2 aliphatic heterocycles. The van der Waals surface area contributed by atoms with Gasteiger partial charge >= 0.3 is 6.03 Å². The number of carbonyl (C=O) groups excluding carboxylic acids is 4. The number of methoxy groups -OCH3 is 2. The Kier molecular flexibility index (Phi) is 7.48. The van der Waals surface area contributed by atoms with Crippen LogP contribution in [-0.2, 0) is 20.8 Å². The maximum atomic E-state index is 13.2. The molecule has 2 saturated heterocycles. The van der Waals surface area contributed by atoms with E-state index in [1.54, 1.807) is 60.4 Å². The number of ether oxygens (including phenoxy) is 2. The summed E-state index contributed by atoms with van der Waals surface area (Å²) in [5.41, 5.74) is 1.25. The third-order valence-corrected chi connectivity index (χ3v) is 7.74. The first kappa shape index (κ1) is 25.9. The summed E-state index contributed by atoms with van der Waals surface area (Å²) in [4.78, 5) is 56.1. The van der Waals surface area contributed by atoms with E-state index >= 15 is 0 Å². The number of fused-ring (bicyclic) bond motifs is 1. The van der Waals surface area contributed by atoms with Gasteiger partial charge < -0.3 is 29.0 Å². The Hall–Kier alpha value is -3.70. The molecule has 11 heteroatoms. The van der Waals surface area contributed by atoms with Crippen LogP contribution in [0.5, 0.6) is 0 Å². The molecule has 4 unspecified atom stereocenters. The lowest BCUT2D eigenvalue weighted by atomic mass is 9.79. The first-order chi connectivity index (χ1) is 18.4. The fourth-order valence-electron chi connectivity index (χ4n) is 5.53. The monoisotopic (exact) mass is 524 g/mol. The molecule has 1 aliphatic carbocycles. The molecule has 1 aromatic heterocycles. The molecular weight excluding hydrogens is 492 g/mol. The van der Waals surface area contributed by atoms with Crippen molar-refractivity contribution < 1.29 is 33.1 Å². The predicted molar refractivity (Wildman–Crippen MR) is 134 cm³/mol. The van der Waals surface area contributed by atoms with E-state index in [-0.39, 0.29) is 54.2 Å². The third-order valence-electron chi connectivity index (χ3n) is 7.74. The van der Waals surface area contributed by atoms with Gasteiger partial charge in [0, 0.05) is 52.0 Å². The molecule has 5 amide bonds. The predicted octanol–water partition coefficient (Wildman–Crippen LogP) is 1.74. The maximum Gasteiger partial charge on any atom is 0.324 e. The fraction of sp³-hybridized carbons (Fsp3) is 0.481. The highest BCUT2D eigenvalue weighted by molar-refractivity contribution is 5.99. The number of imide groups is 1. The van der Waals surface area contributed by atoms with Crippen molar-refractivity contribution in [1.29, 1.82) is 0 Å². The smallest absolute Gasteiger partial charge is 0.324 e. The SMILES string of the molecule is COC1CC2NC(=O)N(Cc3ccc(C(=O)N4CCN(C(=O)c5ccco5)CC4)cc3)C(=O)C2CC1OC. The minimum atomic E-state index is -0.427. The summed E-state index contributed by atoms with van der Waals surface area (Å²) >= 11 is 0. The summed E-state index contributed by atoms with van der Waals surface area (Å²) in [5.74, 6) is -0.617. The number of benzene rings is 1. The Morgan fingerprint density at radius 1 is 0.921 bits per heavy atom. The van der Waals surface area contributed by atoms with Crippen molar-refractivity contribution in [3.63, 3.8) is 0 Å². The molecule has 2 aromatic rings. The zero-order chi connectivity index (χ0) is 26.8.